The molecule has 0 heterocycles. The van der Waals surface area contributed by atoms with Gasteiger partial charge in [-0.1, -0.05) is 71.9 Å². The monoisotopic (exact) mass is 338 g/mol. The summed E-state index contributed by atoms with van der Waals surface area (Å²) >= 11 is 0. The maximum atomic E-state index is 5.36. The Bertz CT molecular complexity index is 312. The van der Waals surface area contributed by atoms with Crippen molar-refractivity contribution in [1.29, 1.82) is 0 Å². The SMILES string of the molecule is CCOCCCCCCCCCCCC#C[Si](C)(C)CC(C)C. The van der Waals surface area contributed by atoms with Crippen molar-refractivity contribution >= 4 is 8.07 Å². The summed E-state index contributed by atoms with van der Waals surface area (Å²) < 4.78 is 5.36. The highest BCUT2D eigenvalue weighted by molar-refractivity contribution is 6.85. The van der Waals surface area contributed by atoms with Crippen LogP contribution in [0.15, 0.2) is 0 Å². The van der Waals surface area contributed by atoms with Crippen molar-refractivity contribution < 1.29 is 4.74 Å². The summed E-state index contributed by atoms with van der Waals surface area (Å²) in [6, 6.07) is 1.34. The molecule has 1 nitrogen and oxygen atoms in total. The van der Waals surface area contributed by atoms with Crippen LogP contribution in [-0.4, -0.2) is 21.3 Å². The fourth-order valence-corrected chi connectivity index (χ4v) is 5.92. The molecule has 0 aliphatic heterocycles. The van der Waals surface area contributed by atoms with Gasteiger partial charge in [0.2, 0.25) is 0 Å². The summed E-state index contributed by atoms with van der Waals surface area (Å²) in [7, 11) is -1.24. The van der Waals surface area contributed by atoms with Crippen molar-refractivity contribution in [3.05, 3.63) is 0 Å². The van der Waals surface area contributed by atoms with Gasteiger partial charge in [0.15, 0.2) is 0 Å². The zero-order valence-electron chi connectivity index (χ0n) is 16.7. The molecule has 0 aromatic rings. The Morgan fingerprint density at radius 3 is 1.87 bits per heavy atom. The van der Waals surface area contributed by atoms with Gasteiger partial charge in [0.05, 0.1) is 0 Å². The number of hydrogen-bond donors (Lipinski definition) is 0. The van der Waals surface area contributed by atoms with E-state index in [1.807, 2.05) is 0 Å². The summed E-state index contributed by atoms with van der Waals surface area (Å²) in [6.45, 7) is 13.3. The second kappa shape index (κ2) is 15.3. The van der Waals surface area contributed by atoms with Crippen molar-refractivity contribution in [3.63, 3.8) is 0 Å². The van der Waals surface area contributed by atoms with Gasteiger partial charge < -0.3 is 4.74 Å². The third-order valence-electron chi connectivity index (χ3n) is 4.14. The standard InChI is InChI=1S/C21H42OSi/c1-6-22-18-16-14-12-10-8-7-9-11-13-15-17-19-23(4,5)20-21(2)3/h21H,6-16,18,20H2,1-5H3. The van der Waals surface area contributed by atoms with Gasteiger partial charge >= 0.3 is 0 Å². The third-order valence-corrected chi connectivity index (χ3v) is 6.83. The minimum Gasteiger partial charge on any atom is -0.382 e. The molecule has 0 bridgehead atoms. The lowest BCUT2D eigenvalue weighted by Crippen LogP contribution is -2.25. The molecule has 0 aromatic heterocycles. The fourth-order valence-electron chi connectivity index (χ4n) is 3.17. The normalized spacial score (nSPS) is 11.6. The molecule has 0 N–H and O–H groups in total. The first-order chi connectivity index (χ1) is 11.0. The minimum absolute atomic E-state index is 0.796. The predicted molar refractivity (Wildman–Crippen MR) is 108 cm³/mol. The highest BCUT2D eigenvalue weighted by Crippen LogP contribution is 2.15. The lowest BCUT2D eigenvalue weighted by Gasteiger charge is -2.16. The molecular formula is C21H42OSi. The van der Waals surface area contributed by atoms with Crippen molar-refractivity contribution in [1.82, 2.24) is 0 Å². The topological polar surface area (TPSA) is 9.23 Å². The maximum absolute atomic E-state index is 5.36. The van der Waals surface area contributed by atoms with Gasteiger partial charge in [-0.05, 0) is 31.7 Å². The van der Waals surface area contributed by atoms with E-state index in [4.69, 9.17) is 4.74 Å². The van der Waals surface area contributed by atoms with Gasteiger partial charge in [-0.3, -0.25) is 0 Å². The van der Waals surface area contributed by atoms with E-state index in [1.54, 1.807) is 0 Å². The molecule has 0 amide bonds. The first kappa shape index (κ1) is 22.7. The van der Waals surface area contributed by atoms with E-state index in [0.717, 1.165) is 25.6 Å². The van der Waals surface area contributed by atoms with Crippen LogP contribution in [0.1, 0.15) is 85.0 Å². The molecule has 0 rings (SSSR count). The van der Waals surface area contributed by atoms with Gasteiger partial charge in [0.25, 0.3) is 0 Å². The van der Waals surface area contributed by atoms with Crippen LogP contribution in [0, 0.1) is 17.4 Å². The first-order valence-corrected chi connectivity index (χ1v) is 13.3. The summed E-state index contributed by atoms with van der Waals surface area (Å²) in [6.07, 6.45) is 13.4. The van der Waals surface area contributed by atoms with Crippen LogP contribution >= 0.6 is 0 Å². The zero-order chi connectivity index (χ0) is 17.4. The Morgan fingerprint density at radius 1 is 0.826 bits per heavy atom. The molecule has 0 radical (unpaired) electrons. The van der Waals surface area contributed by atoms with E-state index in [-0.39, 0.29) is 0 Å². The van der Waals surface area contributed by atoms with Gasteiger partial charge in [-0.15, -0.1) is 11.5 Å². The molecule has 2 heteroatoms. The van der Waals surface area contributed by atoms with Gasteiger partial charge in [-0.25, -0.2) is 0 Å². The van der Waals surface area contributed by atoms with Crippen LogP contribution in [0.5, 0.6) is 0 Å². The summed E-state index contributed by atoms with van der Waals surface area (Å²) in [5.74, 6) is 4.26. The smallest absolute Gasteiger partial charge is 0.132 e. The van der Waals surface area contributed by atoms with Crippen molar-refractivity contribution in [3.8, 4) is 11.5 Å². The summed E-state index contributed by atoms with van der Waals surface area (Å²) in [5, 5.41) is 0. The van der Waals surface area contributed by atoms with Crippen LogP contribution in [0.25, 0.3) is 0 Å². The molecule has 0 aliphatic carbocycles. The lowest BCUT2D eigenvalue weighted by atomic mass is 10.1. The van der Waals surface area contributed by atoms with Crippen LogP contribution in [0.3, 0.4) is 0 Å². The fraction of sp³-hybridized carbons (Fsp3) is 0.905. The highest BCUT2D eigenvalue weighted by Gasteiger charge is 2.18. The molecule has 0 aliphatic rings. The Labute approximate surface area is 148 Å². The number of unbranched alkanes of at least 4 members (excludes halogenated alkanes) is 9. The molecule has 0 spiro atoms. The van der Waals surface area contributed by atoms with Crippen LogP contribution in [0.2, 0.25) is 19.1 Å². The first-order valence-electron chi connectivity index (χ1n) is 10.1. The Balaban J connectivity index is 3.34. The van der Waals surface area contributed by atoms with Crippen molar-refractivity contribution in [2.45, 2.75) is 104 Å². The highest BCUT2D eigenvalue weighted by atomic mass is 28.3. The van der Waals surface area contributed by atoms with Crippen LogP contribution < -0.4 is 0 Å². The van der Waals surface area contributed by atoms with E-state index in [9.17, 15) is 0 Å². The van der Waals surface area contributed by atoms with E-state index in [0.29, 0.717) is 0 Å². The molecule has 0 saturated carbocycles. The van der Waals surface area contributed by atoms with Gasteiger partial charge in [0, 0.05) is 19.6 Å². The molecule has 0 atom stereocenters. The molecule has 0 unspecified atom stereocenters. The molecule has 0 saturated heterocycles. The molecular weight excluding hydrogens is 296 g/mol. The molecule has 23 heavy (non-hydrogen) atoms. The quantitative estimate of drug-likeness (QED) is 0.191. The van der Waals surface area contributed by atoms with Crippen LogP contribution in [-0.2, 0) is 4.74 Å². The van der Waals surface area contributed by atoms with Crippen molar-refractivity contribution in [2.24, 2.45) is 5.92 Å². The van der Waals surface area contributed by atoms with Gasteiger partial charge in [0.1, 0.15) is 8.07 Å². The number of ether oxygens (including phenoxy) is 1. The number of hydrogen-bond acceptors (Lipinski definition) is 1. The molecule has 0 aromatic carbocycles. The van der Waals surface area contributed by atoms with Crippen LogP contribution in [0.4, 0.5) is 0 Å². The second-order valence-corrected chi connectivity index (χ2v) is 12.3. The van der Waals surface area contributed by atoms with Crippen molar-refractivity contribution in [2.75, 3.05) is 13.2 Å². The second-order valence-electron chi connectivity index (χ2n) is 7.91. The summed E-state index contributed by atoms with van der Waals surface area (Å²) in [4.78, 5) is 0. The number of rotatable bonds is 14. The average Bonchev–Trinajstić information content (AvgIpc) is 2.46. The third kappa shape index (κ3) is 17.9. The summed E-state index contributed by atoms with van der Waals surface area (Å²) in [5.41, 5.74) is 3.61. The minimum atomic E-state index is -1.24. The van der Waals surface area contributed by atoms with E-state index >= 15 is 0 Å². The van der Waals surface area contributed by atoms with Gasteiger partial charge in [-0.2, -0.15) is 0 Å². The van der Waals surface area contributed by atoms with E-state index in [2.05, 4.69) is 45.3 Å². The van der Waals surface area contributed by atoms with E-state index < -0.39 is 8.07 Å². The Hall–Kier alpha value is -0.263. The molecule has 0 fully saturated rings. The van der Waals surface area contributed by atoms with E-state index in [1.165, 1.54) is 63.8 Å². The Morgan fingerprint density at radius 2 is 1.35 bits per heavy atom. The average molecular weight is 339 g/mol. The Kier molecular flexibility index (Phi) is 15.1. The zero-order valence-corrected chi connectivity index (χ0v) is 17.7. The lowest BCUT2D eigenvalue weighted by molar-refractivity contribution is 0.143. The largest absolute Gasteiger partial charge is 0.382 e. The maximum Gasteiger partial charge on any atom is 0.132 e. The predicted octanol–water partition coefficient (Wildman–Crippen LogP) is 6.83. The molecule has 136 valence electrons.